The normalized spacial score (nSPS) is 21.4. The lowest BCUT2D eigenvalue weighted by molar-refractivity contribution is 0.00965. The molecule has 1 fully saturated rings. The van der Waals surface area contributed by atoms with Crippen molar-refractivity contribution in [3.63, 3.8) is 0 Å². The summed E-state index contributed by atoms with van der Waals surface area (Å²) in [5.41, 5.74) is 0. The van der Waals surface area contributed by atoms with Crippen molar-refractivity contribution in [3.8, 4) is 0 Å². The van der Waals surface area contributed by atoms with Crippen LogP contribution in [0.1, 0.15) is 27.2 Å². The predicted molar refractivity (Wildman–Crippen MR) is 104 cm³/mol. The monoisotopic (exact) mass is 356 g/mol. The van der Waals surface area contributed by atoms with Gasteiger partial charge in [-0.15, -0.1) is 0 Å². The standard InChI is InChI=1S/C21H28O3Si/c1-21(2,3)25(17-10-6-4-7-11-17,18-12-8-5-9-13-18)24-19-14-15-23-20(19)16-22/h4-13,19-20,22H,14-16H2,1-3H3/t19-,20-/m0/s1. The molecule has 1 N–H and O–H groups in total. The van der Waals surface area contributed by atoms with Crippen LogP contribution in [-0.2, 0) is 9.16 Å². The number of aliphatic hydroxyl groups excluding tert-OH is 1. The zero-order valence-corrected chi connectivity index (χ0v) is 16.3. The van der Waals surface area contributed by atoms with Gasteiger partial charge in [0.05, 0.1) is 12.7 Å². The SMILES string of the molecule is CC(C)(C)[Si](O[C@H]1CCO[C@H]1CO)(c1ccccc1)c1ccccc1. The van der Waals surface area contributed by atoms with Crippen LogP contribution in [0.4, 0.5) is 0 Å². The van der Waals surface area contributed by atoms with Crippen LogP contribution in [0, 0.1) is 0 Å². The van der Waals surface area contributed by atoms with Crippen LogP contribution in [-0.4, -0.2) is 38.8 Å². The maximum absolute atomic E-state index is 9.69. The van der Waals surface area contributed by atoms with E-state index in [9.17, 15) is 5.11 Å². The maximum atomic E-state index is 9.69. The topological polar surface area (TPSA) is 38.7 Å². The van der Waals surface area contributed by atoms with Gasteiger partial charge in [0.2, 0.25) is 0 Å². The molecule has 1 aliphatic heterocycles. The molecule has 1 heterocycles. The first-order chi connectivity index (χ1) is 12.0. The molecule has 2 atom stereocenters. The second kappa shape index (κ2) is 7.42. The zero-order chi connectivity index (χ0) is 17.9. The number of aliphatic hydroxyl groups is 1. The van der Waals surface area contributed by atoms with E-state index in [1.54, 1.807) is 0 Å². The molecule has 1 aliphatic rings. The van der Waals surface area contributed by atoms with Gasteiger partial charge in [-0.05, 0) is 21.8 Å². The minimum atomic E-state index is -2.56. The van der Waals surface area contributed by atoms with Gasteiger partial charge in [0.15, 0.2) is 0 Å². The number of hydrogen-bond donors (Lipinski definition) is 1. The van der Waals surface area contributed by atoms with Crippen LogP contribution >= 0.6 is 0 Å². The van der Waals surface area contributed by atoms with E-state index in [2.05, 4.69) is 69.3 Å². The van der Waals surface area contributed by atoms with Gasteiger partial charge in [-0.1, -0.05) is 81.4 Å². The van der Waals surface area contributed by atoms with Crippen molar-refractivity contribution < 1.29 is 14.3 Å². The van der Waals surface area contributed by atoms with E-state index < -0.39 is 8.32 Å². The Morgan fingerprint density at radius 3 is 1.96 bits per heavy atom. The third kappa shape index (κ3) is 3.44. The smallest absolute Gasteiger partial charge is 0.261 e. The van der Waals surface area contributed by atoms with Gasteiger partial charge in [-0.2, -0.15) is 0 Å². The van der Waals surface area contributed by atoms with Crippen molar-refractivity contribution in [2.45, 2.75) is 44.4 Å². The van der Waals surface area contributed by atoms with E-state index >= 15 is 0 Å². The van der Waals surface area contributed by atoms with Gasteiger partial charge in [0.25, 0.3) is 8.32 Å². The molecule has 0 radical (unpaired) electrons. The molecule has 3 rings (SSSR count). The largest absolute Gasteiger partial charge is 0.402 e. The van der Waals surface area contributed by atoms with Crippen LogP contribution in [0.15, 0.2) is 60.7 Å². The van der Waals surface area contributed by atoms with Gasteiger partial charge < -0.3 is 14.3 Å². The Kier molecular flexibility index (Phi) is 5.44. The minimum absolute atomic E-state index is 0.00285. The summed E-state index contributed by atoms with van der Waals surface area (Å²) in [4.78, 5) is 0. The van der Waals surface area contributed by atoms with E-state index in [0.717, 1.165) is 6.42 Å². The van der Waals surface area contributed by atoms with Gasteiger partial charge in [0, 0.05) is 6.61 Å². The van der Waals surface area contributed by atoms with Gasteiger partial charge in [-0.3, -0.25) is 0 Å². The van der Waals surface area contributed by atoms with Crippen molar-refractivity contribution in [1.29, 1.82) is 0 Å². The molecule has 0 unspecified atom stereocenters. The van der Waals surface area contributed by atoms with Crippen LogP contribution < -0.4 is 10.4 Å². The summed E-state index contributed by atoms with van der Waals surface area (Å²) in [6, 6.07) is 21.2. The van der Waals surface area contributed by atoms with Crippen molar-refractivity contribution in [2.75, 3.05) is 13.2 Å². The highest BCUT2D eigenvalue weighted by Crippen LogP contribution is 2.39. The Labute approximate surface area is 151 Å². The Morgan fingerprint density at radius 1 is 1.00 bits per heavy atom. The molecular formula is C21H28O3Si. The number of rotatable bonds is 5. The molecule has 134 valence electrons. The van der Waals surface area contributed by atoms with Gasteiger partial charge in [0.1, 0.15) is 6.10 Å². The minimum Gasteiger partial charge on any atom is -0.402 e. The molecule has 2 aromatic rings. The first-order valence-corrected chi connectivity index (χ1v) is 10.9. The Bertz CT molecular complexity index is 627. The lowest BCUT2D eigenvalue weighted by atomic mass is 10.2. The molecule has 0 aliphatic carbocycles. The molecular weight excluding hydrogens is 328 g/mol. The summed E-state index contributed by atoms with van der Waals surface area (Å²) in [7, 11) is -2.56. The van der Waals surface area contributed by atoms with E-state index in [-0.39, 0.29) is 23.9 Å². The average molecular weight is 357 g/mol. The van der Waals surface area contributed by atoms with Crippen LogP contribution in [0.2, 0.25) is 5.04 Å². The summed E-state index contributed by atoms with van der Waals surface area (Å²) in [6.45, 7) is 7.45. The molecule has 3 nitrogen and oxygen atoms in total. The third-order valence-electron chi connectivity index (χ3n) is 5.07. The fourth-order valence-electron chi connectivity index (χ4n) is 3.85. The fourth-order valence-corrected chi connectivity index (χ4v) is 8.59. The fraction of sp³-hybridized carbons (Fsp3) is 0.429. The molecule has 0 saturated carbocycles. The molecule has 25 heavy (non-hydrogen) atoms. The Balaban J connectivity index is 2.15. The lowest BCUT2D eigenvalue weighted by Crippen LogP contribution is -2.68. The molecule has 0 aromatic heterocycles. The molecule has 4 heteroatoms. The van der Waals surface area contributed by atoms with Gasteiger partial charge in [-0.25, -0.2) is 0 Å². The Morgan fingerprint density at radius 2 is 1.52 bits per heavy atom. The molecule has 1 saturated heterocycles. The first-order valence-electron chi connectivity index (χ1n) is 9.00. The van der Waals surface area contributed by atoms with Crippen molar-refractivity contribution in [2.24, 2.45) is 0 Å². The lowest BCUT2D eigenvalue weighted by Gasteiger charge is -2.45. The van der Waals surface area contributed by atoms with Crippen molar-refractivity contribution >= 4 is 18.7 Å². The van der Waals surface area contributed by atoms with E-state index in [4.69, 9.17) is 9.16 Å². The quantitative estimate of drug-likeness (QED) is 0.837. The third-order valence-corrected chi connectivity index (χ3v) is 10.1. The maximum Gasteiger partial charge on any atom is 0.261 e. The second-order valence-electron chi connectivity index (χ2n) is 7.70. The summed E-state index contributed by atoms with van der Waals surface area (Å²) in [6.07, 6.45) is 0.522. The van der Waals surface area contributed by atoms with Crippen LogP contribution in [0.3, 0.4) is 0 Å². The highest BCUT2D eigenvalue weighted by Gasteiger charge is 2.52. The predicted octanol–water partition coefficient (Wildman–Crippen LogP) is 2.71. The highest BCUT2D eigenvalue weighted by atomic mass is 28.4. The molecule has 0 bridgehead atoms. The highest BCUT2D eigenvalue weighted by molar-refractivity contribution is 6.99. The average Bonchev–Trinajstić information content (AvgIpc) is 3.07. The number of hydrogen-bond acceptors (Lipinski definition) is 3. The van der Waals surface area contributed by atoms with Crippen LogP contribution in [0.5, 0.6) is 0 Å². The van der Waals surface area contributed by atoms with Crippen molar-refractivity contribution in [3.05, 3.63) is 60.7 Å². The first kappa shape index (κ1) is 18.3. The molecule has 2 aromatic carbocycles. The summed E-state index contributed by atoms with van der Waals surface area (Å²) >= 11 is 0. The van der Waals surface area contributed by atoms with Crippen molar-refractivity contribution in [1.82, 2.24) is 0 Å². The summed E-state index contributed by atoms with van der Waals surface area (Å²) in [5.74, 6) is 0. The zero-order valence-electron chi connectivity index (χ0n) is 15.3. The van der Waals surface area contributed by atoms with E-state index in [1.165, 1.54) is 10.4 Å². The van der Waals surface area contributed by atoms with Crippen LogP contribution in [0.25, 0.3) is 0 Å². The number of ether oxygens (including phenoxy) is 1. The van der Waals surface area contributed by atoms with E-state index in [1.807, 2.05) is 12.1 Å². The number of benzene rings is 2. The Hall–Kier alpha value is -1.46. The summed E-state index contributed by atoms with van der Waals surface area (Å²) < 4.78 is 12.7. The van der Waals surface area contributed by atoms with Gasteiger partial charge >= 0.3 is 0 Å². The van der Waals surface area contributed by atoms with E-state index in [0.29, 0.717) is 6.61 Å². The summed E-state index contributed by atoms with van der Waals surface area (Å²) in [5, 5.41) is 12.2. The molecule has 0 spiro atoms. The second-order valence-corrected chi connectivity index (χ2v) is 12.0. The molecule has 0 amide bonds.